The van der Waals surface area contributed by atoms with Crippen molar-refractivity contribution in [3.8, 4) is 0 Å². The van der Waals surface area contributed by atoms with Gasteiger partial charge in [-0.3, -0.25) is 9.36 Å². The highest BCUT2D eigenvalue weighted by Crippen LogP contribution is 2.23. The number of nitrogen functional groups attached to an aromatic ring is 1. The van der Waals surface area contributed by atoms with Gasteiger partial charge in [0.25, 0.3) is 0 Å². The Hall–Kier alpha value is -3.01. The molecule has 0 unspecified atom stereocenters. The molecular formula is C19H17N3O. The second-order valence-corrected chi connectivity index (χ2v) is 5.91. The number of aromatic nitrogens is 2. The van der Waals surface area contributed by atoms with E-state index < -0.39 is 0 Å². The number of anilines is 1. The highest BCUT2D eigenvalue weighted by atomic mass is 16.2. The lowest BCUT2D eigenvalue weighted by Crippen LogP contribution is -2.14. The number of hydrogen-bond donors (Lipinski definition) is 2. The summed E-state index contributed by atoms with van der Waals surface area (Å²) in [4.78, 5) is 16.0. The monoisotopic (exact) mass is 303 g/mol. The summed E-state index contributed by atoms with van der Waals surface area (Å²) in [5, 5.41) is 2.15. The van der Waals surface area contributed by atoms with E-state index >= 15 is 0 Å². The van der Waals surface area contributed by atoms with Crippen LogP contribution in [0, 0.1) is 6.92 Å². The van der Waals surface area contributed by atoms with E-state index in [0.29, 0.717) is 12.1 Å². The summed E-state index contributed by atoms with van der Waals surface area (Å²) in [6.45, 7) is 1.95. The van der Waals surface area contributed by atoms with Crippen molar-refractivity contribution in [1.29, 1.82) is 0 Å². The molecule has 0 aliphatic rings. The van der Waals surface area contributed by atoms with Crippen LogP contribution in [0.25, 0.3) is 21.8 Å². The van der Waals surface area contributed by atoms with E-state index in [9.17, 15) is 4.79 Å². The fourth-order valence-electron chi connectivity index (χ4n) is 3.16. The number of hydrogen-bond acceptors (Lipinski definition) is 2. The molecule has 114 valence electrons. The van der Waals surface area contributed by atoms with Crippen molar-refractivity contribution in [1.82, 2.24) is 9.55 Å². The topological polar surface area (TPSA) is 63.8 Å². The van der Waals surface area contributed by atoms with E-state index in [1.165, 1.54) is 0 Å². The van der Waals surface area contributed by atoms with Crippen LogP contribution in [-0.2, 0) is 6.42 Å². The molecule has 4 heteroatoms. The van der Waals surface area contributed by atoms with Crippen LogP contribution in [0.1, 0.15) is 16.1 Å². The first kappa shape index (κ1) is 13.6. The summed E-state index contributed by atoms with van der Waals surface area (Å²) >= 11 is 0. The Balaban J connectivity index is 1.72. The molecule has 23 heavy (non-hydrogen) atoms. The Morgan fingerprint density at radius 2 is 1.96 bits per heavy atom. The van der Waals surface area contributed by atoms with E-state index in [4.69, 9.17) is 5.73 Å². The normalized spacial score (nSPS) is 11.3. The summed E-state index contributed by atoms with van der Waals surface area (Å²) in [7, 11) is 0. The number of aryl methyl sites for hydroxylation is 1. The molecule has 4 nitrogen and oxygen atoms in total. The Kier molecular flexibility index (Phi) is 2.98. The van der Waals surface area contributed by atoms with Crippen molar-refractivity contribution in [3.05, 3.63) is 66.0 Å². The molecule has 0 atom stereocenters. The molecule has 0 aliphatic carbocycles. The number of H-pyrrole nitrogens is 1. The van der Waals surface area contributed by atoms with Crippen LogP contribution in [0.4, 0.5) is 5.69 Å². The summed E-state index contributed by atoms with van der Waals surface area (Å²) in [6.07, 6.45) is 2.27. The quantitative estimate of drug-likeness (QED) is 0.552. The van der Waals surface area contributed by atoms with Crippen molar-refractivity contribution in [3.63, 3.8) is 0 Å². The van der Waals surface area contributed by atoms with Crippen LogP contribution in [0.5, 0.6) is 0 Å². The van der Waals surface area contributed by atoms with Gasteiger partial charge in [0, 0.05) is 28.5 Å². The number of fused-ring (bicyclic) bond motifs is 2. The van der Waals surface area contributed by atoms with Gasteiger partial charge in [-0.15, -0.1) is 0 Å². The van der Waals surface area contributed by atoms with E-state index in [1.54, 1.807) is 4.57 Å². The van der Waals surface area contributed by atoms with Gasteiger partial charge >= 0.3 is 0 Å². The maximum absolute atomic E-state index is 12.8. The molecule has 0 radical (unpaired) electrons. The van der Waals surface area contributed by atoms with Gasteiger partial charge in [0.2, 0.25) is 5.91 Å². The molecule has 2 aromatic heterocycles. The minimum Gasteiger partial charge on any atom is -0.399 e. The van der Waals surface area contributed by atoms with Gasteiger partial charge < -0.3 is 10.7 Å². The maximum Gasteiger partial charge on any atom is 0.235 e. The molecule has 0 amide bonds. The number of carbonyl (C=O) groups is 1. The second kappa shape index (κ2) is 5.02. The number of carbonyl (C=O) groups excluding carboxylic acids is 1. The van der Waals surface area contributed by atoms with Crippen LogP contribution in [0.3, 0.4) is 0 Å². The molecule has 0 fully saturated rings. The third-order valence-corrected chi connectivity index (χ3v) is 4.23. The molecule has 2 aromatic carbocycles. The van der Waals surface area contributed by atoms with E-state index in [-0.39, 0.29) is 5.91 Å². The molecular weight excluding hydrogens is 286 g/mol. The van der Waals surface area contributed by atoms with Crippen molar-refractivity contribution in [2.45, 2.75) is 13.3 Å². The molecule has 4 aromatic rings. The Labute approximate surface area is 133 Å². The van der Waals surface area contributed by atoms with E-state index in [0.717, 1.165) is 33.1 Å². The minimum atomic E-state index is 0.0631. The molecule has 0 aliphatic heterocycles. The molecule has 3 N–H and O–H groups in total. The van der Waals surface area contributed by atoms with Crippen molar-refractivity contribution in [2.75, 3.05) is 5.73 Å². The first-order chi connectivity index (χ1) is 11.1. The number of nitrogens with one attached hydrogen (secondary N) is 1. The van der Waals surface area contributed by atoms with Gasteiger partial charge in [0.1, 0.15) is 0 Å². The number of aromatic amines is 1. The Bertz CT molecular complexity index is 1040. The largest absolute Gasteiger partial charge is 0.399 e. The zero-order chi connectivity index (χ0) is 16.0. The summed E-state index contributed by atoms with van der Waals surface area (Å²) in [6, 6.07) is 15.7. The zero-order valence-corrected chi connectivity index (χ0v) is 12.8. The van der Waals surface area contributed by atoms with Crippen LogP contribution < -0.4 is 5.73 Å². The molecule has 4 rings (SSSR count). The SMILES string of the molecule is Cc1cc2cc(N)ccc2n1C(=O)Cc1ccc2cc[nH]c2c1. The molecule has 0 bridgehead atoms. The highest BCUT2D eigenvalue weighted by molar-refractivity contribution is 5.96. The number of benzene rings is 2. The fourth-order valence-corrected chi connectivity index (χ4v) is 3.16. The van der Waals surface area contributed by atoms with Crippen LogP contribution in [-0.4, -0.2) is 15.5 Å². The first-order valence-electron chi connectivity index (χ1n) is 7.58. The third kappa shape index (κ3) is 2.28. The smallest absolute Gasteiger partial charge is 0.235 e. The summed E-state index contributed by atoms with van der Waals surface area (Å²) in [5.74, 6) is 0.0631. The number of nitrogens with zero attached hydrogens (tertiary/aromatic N) is 1. The van der Waals surface area contributed by atoms with Crippen molar-refractivity contribution in [2.24, 2.45) is 0 Å². The van der Waals surface area contributed by atoms with E-state index in [1.807, 2.05) is 61.7 Å². The van der Waals surface area contributed by atoms with E-state index in [2.05, 4.69) is 4.98 Å². The fraction of sp³-hybridized carbons (Fsp3) is 0.105. The molecule has 0 spiro atoms. The third-order valence-electron chi connectivity index (χ3n) is 4.23. The van der Waals surface area contributed by atoms with Gasteiger partial charge in [-0.1, -0.05) is 12.1 Å². The average molecular weight is 303 g/mol. The van der Waals surface area contributed by atoms with Gasteiger partial charge in [-0.2, -0.15) is 0 Å². The first-order valence-corrected chi connectivity index (χ1v) is 7.58. The Morgan fingerprint density at radius 1 is 1.09 bits per heavy atom. The predicted molar refractivity (Wildman–Crippen MR) is 93.7 cm³/mol. The lowest BCUT2D eigenvalue weighted by molar-refractivity contribution is 0.0917. The number of nitrogens with two attached hydrogens (primary N) is 1. The van der Waals surface area contributed by atoms with Crippen LogP contribution in [0.15, 0.2) is 54.7 Å². The zero-order valence-electron chi connectivity index (χ0n) is 12.8. The van der Waals surface area contributed by atoms with Crippen LogP contribution in [0.2, 0.25) is 0 Å². The van der Waals surface area contributed by atoms with Crippen molar-refractivity contribution < 1.29 is 4.79 Å². The lowest BCUT2D eigenvalue weighted by Gasteiger charge is -2.07. The molecule has 0 saturated carbocycles. The molecule has 2 heterocycles. The second-order valence-electron chi connectivity index (χ2n) is 5.91. The van der Waals surface area contributed by atoms with Gasteiger partial charge in [-0.25, -0.2) is 0 Å². The lowest BCUT2D eigenvalue weighted by atomic mass is 10.1. The highest BCUT2D eigenvalue weighted by Gasteiger charge is 2.13. The number of rotatable bonds is 2. The average Bonchev–Trinajstić information content (AvgIpc) is 3.09. The van der Waals surface area contributed by atoms with Crippen LogP contribution >= 0.6 is 0 Å². The predicted octanol–water partition coefficient (Wildman–Crippen LogP) is 3.90. The Morgan fingerprint density at radius 3 is 2.83 bits per heavy atom. The standard InChI is InChI=1S/C19H17N3O/c1-12-8-15-11-16(20)4-5-18(15)22(12)19(23)10-13-2-3-14-6-7-21-17(14)9-13/h2-9,11,21H,10,20H2,1H3. The maximum atomic E-state index is 12.8. The summed E-state index contributed by atoms with van der Waals surface area (Å²) < 4.78 is 1.77. The van der Waals surface area contributed by atoms with Crippen molar-refractivity contribution >= 4 is 33.4 Å². The van der Waals surface area contributed by atoms with Gasteiger partial charge in [0.15, 0.2) is 0 Å². The van der Waals surface area contributed by atoms with Gasteiger partial charge in [0.05, 0.1) is 11.9 Å². The minimum absolute atomic E-state index is 0.0631. The summed E-state index contributed by atoms with van der Waals surface area (Å²) in [5.41, 5.74) is 10.4. The molecule has 0 saturated heterocycles. The van der Waals surface area contributed by atoms with Gasteiger partial charge in [-0.05, 0) is 54.3 Å².